The van der Waals surface area contributed by atoms with Gasteiger partial charge in [-0.1, -0.05) is 30.3 Å². The van der Waals surface area contributed by atoms with Crippen LogP contribution in [0.15, 0.2) is 78.9 Å². The van der Waals surface area contributed by atoms with Crippen molar-refractivity contribution in [3.63, 3.8) is 0 Å². The summed E-state index contributed by atoms with van der Waals surface area (Å²) >= 11 is 0. The van der Waals surface area contributed by atoms with E-state index in [1.54, 1.807) is 62.4 Å². The normalized spacial score (nSPS) is 10.4. The highest BCUT2D eigenvalue weighted by Gasteiger charge is 2.10. The lowest BCUT2D eigenvalue weighted by Gasteiger charge is -2.10. The number of hydrogen-bond acceptors (Lipinski definition) is 5. The van der Waals surface area contributed by atoms with Crippen LogP contribution < -0.4 is 14.8 Å². The second kappa shape index (κ2) is 10.8. The summed E-state index contributed by atoms with van der Waals surface area (Å²) in [5.41, 5.74) is 2.08. The van der Waals surface area contributed by atoms with Gasteiger partial charge in [0.15, 0.2) is 6.61 Å². The van der Waals surface area contributed by atoms with Gasteiger partial charge in [-0.25, -0.2) is 4.79 Å². The minimum Gasteiger partial charge on any atom is -0.489 e. The van der Waals surface area contributed by atoms with Gasteiger partial charge in [-0.05, 0) is 67.9 Å². The molecular formula is C25H25NO5. The summed E-state index contributed by atoms with van der Waals surface area (Å²) in [6.45, 7) is 3.92. The van der Waals surface area contributed by atoms with Crippen LogP contribution in [-0.4, -0.2) is 24.6 Å². The molecule has 0 atom stereocenters. The van der Waals surface area contributed by atoms with Gasteiger partial charge in [0.05, 0.1) is 11.7 Å². The Kier molecular flexibility index (Phi) is 7.65. The van der Waals surface area contributed by atoms with Crippen molar-refractivity contribution < 1.29 is 23.8 Å². The lowest BCUT2D eigenvalue weighted by Crippen LogP contribution is -2.20. The number of ether oxygens (including phenoxy) is 3. The van der Waals surface area contributed by atoms with Crippen LogP contribution in [0.1, 0.15) is 29.8 Å². The van der Waals surface area contributed by atoms with E-state index in [1.807, 2.05) is 30.3 Å². The predicted octanol–water partition coefficient (Wildman–Crippen LogP) is 4.85. The fourth-order valence-corrected chi connectivity index (χ4v) is 2.69. The largest absolute Gasteiger partial charge is 0.489 e. The van der Waals surface area contributed by atoms with Crippen LogP contribution in [0, 0.1) is 0 Å². The molecule has 3 rings (SSSR count). The van der Waals surface area contributed by atoms with E-state index in [0.29, 0.717) is 23.6 Å². The maximum Gasteiger partial charge on any atom is 0.338 e. The molecule has 1 amide bonds. The first kappa shape index (κ1) is 21.9. The number of amides is 1. The summed E-state index contributed by atoms with van der Waals surface area (Å²) in [5.74, 6) is 0.583. The van der Waals surface area contributed by atoms with E-state index in [0.717, 1.165) is 11.3 Å². The number of carbonyl (C=O) groups excluding carboxylic acids is 2. The van der Waals surface area contributed by atoms with Crippen molar-refractivity contribution in [1.82, 2.24) is 0 Å². The zero-order chi connectivity index (χ0) is 22.1. The van der Waals surface area contributed by atoms with E-state index >= 15 is 0 Å². The minimum atomic E-state index is -0.396. The first-order chi connectivity index (χ1) is 15.0. The quantitative estimate of drug-likeness (QED) is 0.502. The van der Waals surface area contributed by atoms with Crippen molar-refractivity contribution in [2.75, 3.05) is 11.9 Å². The number of esters is 1. The lowest BCUT2D eigenvalue weighted by atomic mass is 10.2. The zero-order valence-electron chi connectivity index (χ0n) is 17.5. The van der Waals surface area contributed by atoms with Crippen molar-refractivity contribution in [3.8, 4) is 11.5 Å². The highest BCUT2D eigenvalue weighted by molar-refractivity contribution is 5.93. The average molecular weight is 419 g/mol. The van der Waals surface area contributed by atoms with Gasteiger partial charge in [0.1, 0.15) is 18.1 Å². The number of rotatable bonds is 9. The second-order valence-corrected chi connectivity index (χ2v) is 7.11. The molecule has 0 unspecified atom stereocenters. The molecule has 0 aliphatic carbocycles. The van der Waals surface area contributed by atoms with Crippen LogP contribution in [0.25, 0.3) is 0 Å². The van der Waals surface area contributed by atoms with Crippen molar-refractivity contribution in [3.05, 3.63) is 90.0 Å². The van der Waals surface area contributed by atoms with E-state index in [4.69, 9.17) is 14.2 Å². The molecule has 160 valence electrons. The van der Waals surface area contributed by atoms with Crippen LogP contribution in [0.4, 0.5) is 5.69 Å². The average Bonchev–Trinajstić information content (AvgIpc) is 2.78. The topological polar surface area (TPSA) is 73.9 Å². The Hall–Kier alpha value is -3.80. The summed E-state index contributed by atoms with van der Waals surface area (Å²) < 4.78 is 16.4. The fourth-order valence-electron chi connectivity index (χ4n) is 2.69. The Bertz CT molecular complexity index is 983. The summed E-state index contributed by atoms with van der Waals surface area (Å²) in [7, 11) is 0. The Labute approximate surface area is 181 Å². The van der Waals surface area contributed by atoms with Gasteiger partial charge < -0.3 is 19.5 Å². The van der Waals surface area contributed by atoms with Gasteiger partial charge >= 0.3 is 5.97 Å². The molecule has 6 heteroatoms. The molecule has 0 fully saturated rings. The van der Waals surface area contributed by atoms with E-state index < -0.39 is 5.97 Å². The summed E-state index contributed by atoms with van der Waals surface area (Å²) in [5, 5.41) is 2.73. The Morgan fingerprint density at radius 1 is 0.806 bits per heavy atom. The molecule has 0 heterocycles. The van der Waals surface area contributed by atoms with Gasteiger partial charge in [0.25, 0.3) is 5.91 Å². The third-order valence-electron chi connectivity index (χ3n) is 4.19. The molecule has 0 aromatic heterocycles. The van der Waals surface area contributed by atoms with Crippen molar-refractivity contribution in [1.29, 1.82) is 0 Å². The first-order valence-electron chi connectivity index (χ1n) is 10.00. The van der Waals surface area contributed by atoms with Gasteiger partial charge in [-0.15, -0.1) is 0 Å². The van der Waals surface area contributed by atoms with Crippen molar-refractivity contribution >= 4 is 17.6 Å². The predicted molar refractivity (Wildman–Crippen MR) is 118 cm³/mol. The molecule has 31 heavy (non-hydrogen) atoms. The molecule has 0 saturated carbocycles. The SMILES string of the molecule is CC(C)OC(=O)c1ccc(NC(=O)COc2ccc(OCc3ccccc3)cc2)cc1. The smallest absolute Gasteiger partial charge is 0.338 e. The first-order valence-corrected chi connectivity index (χ1v) is 10.00. The standard InChI is InChI=1S/C25H25NO5/c1-18(2)31-25(28)20-8-10-21(11-9-20)26-24(27)17-30-23-14-12-22(13-15-23)29-16-19-6-4-3-5-7-19/h3-15,18H,16-17H2,1-2H3,(H,26,27). The van der Waals surface area contributed by atoms with Crippen LogP contribution in [0.5, 0.6) is 11.5 Å². The number of nitrogens with one attached hydrogen (secondary N) is 1. The number of hydrogen-bond donors (Lipinski definition) is 1. The second-order valence-electron chi connectivity index (χ2n) is 7.11. The number of carbonyl (C=O) groups is 2. The fraction of sp³-hybridized carbons (Fsp3) is 0.200. The maximum atomic E-state index is 12.1. The molecule has 0 aliphatic heterocycles. The zero-order valence-corrected chi connectivity index (χ0v) is 17.5. The van der Waals surface area contributed by atoms with E-state index in [-0.39, 0.29) is 18.6 Å². The third kappa shape index (κ3) is 7.19. The van der Waals surface area contributed by atoms with Gasteiger partial charge in [-0.2, -0.15) is 0 Å². The molecule has 0 aliphatic rings. The van der Waals surface area contributed by atoms with Crippen LogP contribution >= 0.6 is 0 Å². The summed E-state index contributed by atoms with van der Waals surface area (Å²) in [6, 6.07) is 23.5. The molecule has 0 bridgehead atoms. The highest BCUT2D eigenvalue weighted by atomic mass is 16.5. The van der Waals surface area contributed by atoms with Crippen LogP contribution in [-0.2, 0) is 16.1 Å². The molecular weight excluding hydrogens is 394 g/mol. The summed E-state index contributed by atoms with van der Waals surface area (Å²) in [6.07, 6.45) is -0.187. The molecule has 3 aromatic carbocycles. The molecule has 0 spiro atoms. The highest BCUT2D eigenvalue weighted by Crippen LogP contribution is 2.19. The van der Waals surface area contributed by atoms with Gasteiger partial charge in [0, 0.05) is 5.69 Å². The summed E-state index contributed by atoms with van der Waals surface area (Å²) in [4.78, 5) is 24.0. The van der Waals surface area contributed by atoms with Crippen molar-refractivity contribution in [2.24, 2.45) is 0 Å². The molecule has 0 radical (unpaired) electrons. The number of anilines is 1. The Balaban J connectivity index is 1.43. The molecule has 1 N–H and O–H groups in total. The Morgan fingerprint density at radius 3 is 2.03 bits per heavy atom. The molecule has 0 saturated heterocycles. The lowest BCUT2D eigenvalue weighted by molar-refractivity contribution is -0.118. The van der Waals surface area contributed by atoms with E-state index in [9.17, 15) is 9.59 Å². The van der Waals surface area contributed by atoms with Crippen LogP contribution in [0.3, 0.4) is 0 Å². The van der Waals surface area contributed by atoms with Crippen LogP contribution in [0.2, 0.25) is 0 Å². The van der Waals surface area contributed by atoms with Gasteiger partial charge in [0.2, 0.25) is 0 Å². The third-order valence-corrected chi connectivity index (χ3v) is 4.19. The molecule has 6 nitrogen and oxygen atoms in total. The number of benzene rings is 3. The minimum absolute atomic E-state index is 0.138. The maximum absolute atomic E-state index is 12.1. The molecule has 3 aromatic rings. The van der Waals surface area contributed by atoms with Crippen molar-refractivity contribution in [2.45, 2.75) is 26.6 Å². The van der Waals surface area contributed by atoms with Gasteiger partial charge in [-0.3, -0.25) is 4.79 Å². The monoisotopic (exact) mass is 419 g/mol. The van der Waals surface area contributed by atoms with E-state index in [2.05, 4.69) is 5.32 Å². The Morgan fingerprint density at radius 2 is 1.42 bits per heavy atom. The van der Waals surface area contributed by atoms with E-state index in [1.165, 1.54) is 0 Å².